The summed E-state index contributed by atoms with van der Waals surface area (Å²) in [5.74, 6) is -0.374. The quantitative estimate of drug-likeness (QED) is 0.839. The molecule has 1 heterocycles. The Labute approximate surface area is 105 Å². The number of hydrogen-bond donors (Lipinski definition) is 2. The van der Waals surface area contributed by atoms with Crippen molar-refractivity contribution in [2.45, 2.75) is 39.6 Å². The zero-order chi connectivity index (χ0) is 17.3. The first-order chi connectivity index (χ1) is 9.76. The molecule has 0 radical (unpaired) electrons. The highest BCUT2D eigenvalue weighted by atomic mass is 35.5. The highest BCUT2D eigenvalue weighted by molar-refractivity contribution is 6.28. The van der Waals surface area contributed by atoms with Crippen molar-refractivity contribution in [2.24, 2.45) is 0 Å². The fourth-order valence-corrected chi connectivity index (χ4v) is 1.00. The summed E-state index contributed by atoms with van der Waals surface area (Å²) in [7, 11) is 0. The van der Waals surface area contributed by atoms with E-state index in [0.29, 0.717) is 0 Å². The van der Waals surface area contributed by atoms with E-state index in [1.54, 1.807) is 0 Å². The second kappa shape index (κ2) is 5.11. The summed E-state index contributed by atoms with van der Waals surface area (Å²) in [5.41, 5.74) is 0. The molecule has 84 valence electrons. The maximum Gasteiger partial charge on any atom is 0.228 e. The number of anilines is 2. The van der Waals surface area contributed by atoms with E-state index in [1.807, 2.05) is 19.2 Å². The van der Waals surface area contributed by atoms with E-state index >= 15 is 0 Å². The van der Waals surface area contributed by atoms with E-state index in [-0.39, 0.29) is 17.3 Å². The molecule has 6 heteroatoms. The lowest BCUT2D eigenvalue weighted by Gasteiger charge is -2.11. The highest BCUT2D eigenvalue weighted by Crippen LogP contribution is 2.10. The number of rotatable bonds is 4. The minimum Gasteiger partial charge on any atom is -0.352 e. The summed E-state index contributed by atoms with van der Waals surface area (Å²) in [5, 5.41) is 4.60. The van der Waals surface area contributed by atoms with Crippen molar-refractivity contribution >= 4 is 23.5 Å². The van der Waals surface area contributed by atoms with Crippen molar-refractivity contribution in [3.05, 3.63) is 5.28 Å². The van der Waals surface area contributed by atoms with Gasteiger partial charge < -0.3 is 10.6 Å². The van der Waals surface area contributed by atoms with E-state index < -0.39 is 25.7 Å². The second-order valence-electron chi connectivity index (χ2n) is 3.05. The van der Waals surface area contributed by atoms with Gasteiger partial charge in [0.05, 0.1) is 1.37 Å². The van der Waals surface area contributed by atoms with E-state index in [1.165, 1.54) is 0 Å². The molecule has 1 aromatic rings. The fourth-order valence-electron chi connectivity index (χ4n) is 0.841. The van der Waals surface area contributed by atoms with Gasteiger partial charge in [0.15, 0.2) is 0 Å². The monoisotopic (exact) mass is 236 g/mol. The fraction of sp³-hybridized carbons (Fsp3) is 0.667. The van der Waals surface area contributed by atoms with Crippen LogP contribution in [0.2, 0.25) is 5.28 Å². The topological polar surface area (TPSA) is 62.7 Å². The molecule has 5 nitrogen and oxygen atoms in total. The first-order valence-electron chi connectivity index (χ1n) is 7.72. The number of nitrogens with one attached hydrogen (secondary N) is 2. The van der Waals surface area contributed by atoms with Crippen LogP contribution in [-0.4, -0.2) is 27.0 Å². The standard InChI is InChI=1S/C9H16ClN5/c1-5(2)11-8-13-7(10)14-9(15-8)12-6(3)4/h5-6H,1-4H3,(H2,11,12,13,14,15)/i1D3,2D3,5D. The Hall–Kier alpha value is -1.10. The first kappa shape index (κ1) is 5.30. The van der Waals surface area contributed by atoms with E-state index in [0.717, 1.165) is 0 Å². The minimum absolute atomic E-state index is 0.0379. The van der Waals surface area contributed by atoms with Crippen LogP contribution in [0.4, 0.5) is 11.9 Å². The summed E-state index contributed by atoms with van der Waals surface area (Å²) in [4.78, 5) is 11.2. The molecule has 0 amide bonds. The Bertz CT molecular complexity index is 516. The molecule has 0 aliphatic carbocycles. The Balaban J connectivity index is 3.23. The molecule has 0 aliphatic heterocycles. The van der Waals surface area contributed by atoms with Gasteiger partial charge >= 0.3 is 0 Å². The normalized spacial score (nSPS) is 20.1. The summed E-state index contributed by atoms with van der Waals surface area (Å²) in [6.45, 7) is -2.68. The van der Waals surface area contributed by atoms with Gasteiger partial charge in [-0.2, -0.15) is 15.0 Å². The van der Waals surface area contributed by atoms with Crippen LogP contribution in [0, 0.1) is 0 Å². The van der Waals surface area contributed by atoms with E-state index in [9.17, 15) is 0 Å². The molecule has 0 saturated heterocycles. The van der Waals surface area contributed by atoms with Gasteiger partial charge in [0.1, 0.15) is 0 Å². The lowest BCUT2D eigenvalue weighted by atomic mass is 10.4. The van der Waals surface area contributed by atoms with Crippen molar-refractivity contribution in [2.75, 3.05) is 10.6 Å². The van der Waals surface area contributed by atoms with Gasteiger partial charge in [-0.3, -0.25) is 0 Å². The van der Waals surface area contributed by atoms with Crippen molar-refractivity contribution < 1.29 is 9.60 Å². The lowest BCUT2D eigenvalue weighted by molar-refractivity contribution is 0.845. The average Bonchev–Trinajstić information content (AvgIpc) is 2.23. The van der Waals surface area contributed by atoms with Crippen LogP contribution in [-0.2, 0) is 0 Å². The first-order valence-corrected chi connectivity index (χ1v) is 4.60. The molecule has 0 aromatic carbocycles. The third kappa shape index (κ3) is 4.29. The molecule has 15 heavy (non-hydrogen) atoms. The van der Waals surface area contributed by atoms with E-state index in [4.69, 9.17) is 21.2 Å². The Morgan fingerprint density at radius 2 is 1.80 bits per heavy atom. The van der Waals surface area contributed by atoms with Crippen LogP contribution < -0.4 is 10.6 Å². The third-order valence-corrected chi connectivity index (χ3v) is 1.43. The van der Waals surface area contributed by atoms with Gasteiger partial charge in [-0.1, -0.05) is 0 Å². The largest absolute Gasteiger partial charge is 0.352 e. The molecular formula is C9H16ClN5. The van der Waals surface area contributed by atoms with Crippen LogP contribution >= 0.6 is 11.6 Å². The van der Waals surface area contributed by atoms with E-state index in [2.05, 4.69) is 20.3 Å². The molecule has 0 unspecified atom stereocenters. The van der Waals surface area contributed by atoms with Crippen LogP contribution in [0.3, 0.4) is 0 Å². The van der Waals surface area contributed by atoms with Gasteiger partial charge in [-0.25, -0.2) is 0 Å². The third-order valence-electron chi connectivity index (χ3n) is 1.26. The van der Waals surface area contributed by atoms with Crippen LogP contribution in [0.25, 0.3) is 0 Å². The van der Waals surface area contributed by atoms with Crippen LogP contribution in [0.15, 0.2) is 0 Å². The van der Waals surface area contributed by atoms with Crippen LogP contribution in [0.5, 0.6) is 0 Å². The lowest BCUT2D eigenvalue weighted by Crippen LogP contribution is -2.17. The average molecular weight is 237 g/mol. The van der Waals surface area contributed by atoms with Gasteiger partial charge in [0.2, 0.25) is 17.2 Å². The zero-order valence-electron chi connectivity index (χ0n) is 15.3. The molecular weight excluding hydrogens is 214 g/mol. The molecule has 2 N–H and O–H groups in total. The number of aromatic nitrogens is 3. The molecule has 0 spiro atoms. The van der Waals surface area contributed by atoms with Gasteiger partial charge in [-0.15, -0.1) is 0 Å². The Kier molecular flexibility index (Phi) is 1.81. The van der Waals surface area contributed by atoms with Crippen molar-refractivity contribution in [1.82, 2.24) is 15.0 Å². The second-order valence-corrected chi connectivity index (χ2v) is 3.39. The summed E-state index contributed by atoms with van der Waals surface area (Å²) in [6, 6.07) is -3.03. The maximum absolute atomic E-state index is 7.84. The Morgan fingerprint density at radius 3 is 2.33 bits per heavy atom. The summed E-state index contributed by atoms with van der Waals surface area (Å²) in [6.07, 6.45) is 0. The molecule has 1 rings (SSSR count). The number of nitrogens with zero attached hydrogens (tertiary/aromatic N) is 3. The predicted molar refractivity (Wildman–Crippen MR) is 62.4 cm³/mol. The van der Waals surface area contributed by atoms with Gasteiger partial charge in [0, 0.05) is 20.3 Å². The molecule has 0 bridgehead atoms. The predicted octanol–water partition coefficient (Wildman–Crippen LogP) is 2.17. The molecule has 1 aromatic heterocycles. The molecule has 0 saturated carbocycles. The maximum atomic E-state index is 7.84. The molecule has 0 atom stereocenters. The number of halogens is 1. The summed E-state index contributed by atoms with van der Waals surface area (Å²) >= 11 is 5.71. The van der Waals surface area contributed by atoms with Gasteiger partial charge in [-0.05, 0) is 39.2 Å². The number of hydrogen-bond acceptors (Lipinski definition) is 5. The minimum atomic E-state index is -3.15. The van der Waals surface area contributed by atoms with Crippen molar-refractivity contribution in [1.29, 1.82) is 0 Å². The molecule has 0 fully saturated rings. The molecule has 0 aliphatic rings. The SMILES string of the molecule is [2H]C([2H])([2H])C([2H])(Nc1nc(Cl)nc(NC(C)C)n1)C([2H])([2H])[2H]. The Morgan fingerprint density at radius 1 is 1.20 bits per heavy atom. The van der Waals surface area contributed by atoms with Crippen molar-refractivity contribution in [3.63, 3.8) is 0 Å². The highest BCUT2D eigenvalue weighted by Gasteiger charge is 2.06. The van der Waals surface area contributed by atoms with Crippen LogP contribution in [0.1, 0.15) is 37.1 Å². The smallest absolute Gasteiger partial charge is 0.228 e. The summed E-state index contributed by atoms with van der Waals surface area (Å²) < 4.78 is 51.7. The van der Waals surface area contributed by atoms with Gasteiger partial charge in [0.25, 0.3) is 0 Å². The van der Waals surface area contributed by atoms with Crippen molar-refractivity contribution in [3.8, 4) is 0 Å². The zero-order valence-corrected chi connectivity index (χ0v) is 9.05.